The van der Waals surface area contributed by atoms with Crippen LogP contribution in [0.2, 0.25) is 5.02 Å². The zero-order valence-corrected chi connectivity index (χ0v) is 17.7. The average molecular weight is 460 g/mol. The van der Waals surface area contributed by atoms with Gasteiger partial charge in [-0.05, 0) is 42.2 Å². The van der Waals surface area contributed by atoms with Crippen LogP contribution in [0.25, 0.3) is 0 Å². The van der Waals surface area contributed by atoms with Crippen LogP contribution in [0.3, 0.4) is 0 Å². The first-order valence-electron chi connectivity index (χ1n) is 10.1. The van der Waals surface area contributed by atoms with Gasteiger partial charge in [0.15, 0.2) is 0 Å². The van der Waals surface area contributed by atoms with Crippen LogP contribution in [0.5, 0.6) is 0 Å². The summed E-state index contributed by atoms with van der Waals surface area (Å²) in [5.74, 6) is -4.38. The van der Waals surface area contributed by atoms with Gasteiger partial charge < -0.3 is 15.5 Å². The fourth-order valence-corrected chi connectivity index (χ4v) is 4.37. The molecule has 2 aliphatic rings. The molecule has 0 radical (unpaired) electrons. The third-order valence-corrected chi connectivity index (χ3v) is 5.95. The van der Waals surface area contributed by atoms with Crippen molar-refractivity contribution in [2.24, 2.45) is 0 Å². The van der Waals surface area contributed by atoms with Crippen LogP contribution >= 0.6 is 11.6 Å². The average Bonchev–Trinajstić information content (AvgIpc) is 3.31. The molecule has 1 aliphatic carbocycles. The topological polar surface area (TPSA) is 98.1 Å². The van der Waals surface area contributed by atoms with Crippen LogP contribution in [-0.2, 0) is 11.2 Å². The molecule has 1 aliphatic heterocycles. The highest BCUT2D eigenvalue weighted by Crippen LogP contribution is 2.36. The SMILES string of the molecule is N#CC1CC(F)(F)CN1C(=O)CNC(=O)c1ccncc1NC1CCc2cc(Cl)ccc21. The van der Waals surface area contributed by atoms with Gasteiger partial charge in [-0.15, -0.1) is 0 Å². The predicted molar refractivity (Wildman–Crippen MR) is 113 cm³/mol. The number of anilines is 1. The summed E-state index contributed by atoms with van der Waals surface area (Å²) in [6.45, 7) is -1.31. The summed E-state index contributed by atoms with van der Waals surface area (Å²) in [4.78, 5) is 30.0. The highest BCUT2D eigenvalue weighted by molar-refractivity contribution is 6.30. The number of halogens is 3. The lowest BCUT2D eigenvalue weighted by atomic mass is 10.1. The molecule has 166 valence electrons. The van der Waals surface area contributed by atoms with Gasteiger partial charge in [0.2, 0.25) is 5.91 Å². The lowest BCUT2D eigenvalue weighted by Crippen LogP contribution is -2.43. The van der Waals surface area contributed by atoms with E-state index in [0.717, 1.165) is 28.9 Å². The van der Waals surface area contributed by atoms with E-state index >= 15 is 0 Å². The van der Waals surface area contributed by atoms with Crippen molar-refractivity contribution in [3.63, 3.8) is 0 Å². The van der Waals surface area contributed by atoms with Gasteiger partial charge in [0.25, 0.3) is 11.8 Å². The largest absolute Gasteiger partial charge is 0.376 e. The highest BCUT2D eigenvalue weighted by atomic mass is 35.5. The molecule has 2 heterocycles. The number of aromatic nitrogens is 1. The summed E-state index contributed by atoms with van der Waals surface area (Å²) in [5.41, 5.74) is 3.01. The van der Waals surface area contributed by atoms with Crippen LogP contribution in [-0.4, -0.2) is 46.8 Å². The van der Waals surface area contributed by atoms with Crippen molar-refractivity contribution in [3.05, 3.63) is 58.4 Å². The molecule has 0 saturated carbocycles. The van der Waals surface area contributed by atoms with E-state index in [-0.39, 0.29) is 11.6 Å². The molecule has 1 aromatic heterocycles. The second-order valence-corrected chi connectivity index (χ2v) is 8.35. The van der Waals surface area contributed by atoms with Crippen LogP contribution in [0, 0.1) is 11.3 Å². The molecule has 1 aromatic carbocycles. The first kappa shape index (κ1) is 22.0. The first-order valence-corrected chi connectivity index (χ1v) is 10.5. The number of carbonyl (C=O) groups is 2. The van der Waals surface area contributed by atoms with E-state index < -0.39 is 43.3 Å². The Morgan fingerprint density at radius 3 is 2.94 bits per heavy atom. The van der Waals surface area contributed by atoms with Gasteiger partial charge in [0, 0.05) is 17.6 Å². The predicted octanol–water partition coefficient (Wildman–Crippen LogP) is 3.32. The number of hydrogen-bond donors (Lipinski definition) is 2. The number of nitrogens with one attached hydrogen (secondary N) is 2. The van der Waals surface area contributed by atoms with Gasteiger partial charge >= 0.3 is 0 Å². The lowest BCUT2D eigenvalue weighted by Gasteiger charge is -2.20. The number of aryl methyl sites for hydroxylation is 1. The van der Waals surface area contributed by atoms with Crippen molar-refractivity contribution in [3.8, 4) is 6.07 Å². The van der Waals surface area contributed by atoms with E-state index in [1.165, 1.54) is 18.5 Å². The second kappa shape index (κ2) is 8.71. The zero-order chi connectivity index (χ0) is 22.9. The lowest BCUT2D eigenvalue weighted by molar-refractivity contribution is -0.131. The number of likely N-dealkylation sites (tertiary alicyclic amines) is 1. The number of pyridine rings is 1. The molecular formula is C22H20ClF2N5O2. The molecule has 2 N–H and O–H groups in total. The third-order valence-electron chi connectivity index (χ3n) is 5.72. The first-order chi connectivity index (χ1) is 15.3. The number of amides is 2. The highest BCUT2D eigenvalue weighted by Gasteiger charge is 2.47. The van der Waals surface area contributed by atoms with E-state index in [1.807, 2.05) is 18.2 Å². The van der Waals surface area contributed by atoms with Crippen LogP contribution < -0.4 is 10.6 Å². The van der Waals surface area contributed by atoms with E-state index in [0.29, 0.717) is 10.7 Å². The molecule has 0 spiro atoms. The zero-order valence-electron chi connectivity index (χ0n) is 16.9. The quantitative estimate of drug-likeness (QED) is 0.714. The monoisotopic (exact) mass is 459 g/mol. The third kappa shape index (κ3) is 4.50. The molecule has 2 unspecified atom stereocenters. The van der Waals surface area contributed by atoms with Crippen molar-refractivity contribution in [1.29, 1.82) is 5.26 Å². The molecule has 0 bridgehead atoms. The van der Waals surface area contributed by atoms with E-state index in [1.54, 1.807) is 6.07 Å². The van der Waals surface area contributed by atoms with Crippen LogP contribution in [0.1, 0.15) is 40.4 Å². The Kier molecular flexibility index (Phi) is 5.98. The number of rotatable bonds is 5. The Morgan fingerprint density at radius 1 is 1.34 bits per heavy atom. The summed E-state index contributed by atoms with van der Waals surface area (Å²) >= 11 is 6.07. The Morgan fingerprint density at radius 2 is 2.16 bits per heavy atom. The number of carbonyl (C=O) groups excluding carboxylic acids is 2. The van der Waals surface area contributed by atoms with Crippen molar-refractivity contribution >= 4 is 29.1 Å². The van der Waals surface area contributed by atoms with Gasteiger partial charge in [-0.3, -0.25) is 14.6 Å². The van der Waals surface area contributed by atoms with Crippen molar-refractivity contribution in [2.75, 3.05) is 18.4 Å². The van der Waals surface area contributed by atoms with Gasteiger partial charge in [-0.2, -0.15) is 5.26 Å². The molecule has 32 heavy (non-hydrogen) atoms. The second-order valence-electron chi connectivity index (χ2n) is 7.91. The number of nitrogens with zero attached hydrogens (tertiary/aromatic N) is 3. The maximum absolute atomic E-state index is 13.6. The molecule has 2 aromatic rings. The van der Waals surface area contributed by atoms with Crippen molar-refractivity contribution in [1.82, 2.24) is 15.2 Å². The summed E-state index contributed by atoms with van der Waals surface area (Å²) in [6, 6.07) is 7.70. The number of hydrogen-bond acceptors (Lipinski definition) is 5. The minimum atomic E-state index is -3.11. The van der Waals surface area contributed by atoms with Crippen LogP contribution in [0.4, 0.5) is 14.5 Å². The molecular weight excluding hydrogens is 440 g/mol. The summed E-state index contributed by atoms with van der Waals surface area (Å²) < 4.78 is 27.2. The number of alkyl halides is 2. The maximum atomic E-state index is 13.6. The number of benzene rings is 1. The summed E-state index contributed by atoms with van der Waals surface area (Å²) in [6.07, 6.45) is 3.96. The molecule has 2 amide bonds. The minimum absolute atomic E-state index is 0.0251. The number of fused-ring (bicyclic) bond motifs is 1. The van der Waals surface area contributed by atoms with E-state index in [9.17, 15) is 18.4 Å². The molecule has 10 heteroatoms. The fraction of sp³-hybridized carbons (Fsp3) is 0.364. The Bertz CT molecular complexity index is 1100. The van der Waals surface area contributed by atoms with Crippen molar-refractivity contribution in [2.45, 2.75) is 37.3 Å². The number of nitriles is 1. The van der Waals surface area contributed by atoms with E-state index in [4.69, 9.17) is 16.9 Å². The van der Waals surface area contributed by atoms with Gasteiger partial charge in [0.05, 0.1) is 42.6 Å². The van der Waals surface area contributed by atoms with Gasteiger partial charge in [-0.25, -0.2) is 8.78 Å². The van der Waals surface area contributed by atoms with Crippen LogP contribution in [0.15, 0.2) is 36.7 Å². The standard InChI is InChI=1S/C22H20ClF2N5O2/c23-14-2-3-16-13(7-14)1-4-18(16)29-19-10-27-6-5-17(19)21(32)28-11-20(31)30-12-22(24,25)8-15(30)9-26/h2-3,5-7,10,15,18,29H,1,4,8,11-12H2,(H,28,32). The fourth-order valence-electron chi connectivity index (χ4n) is 4.18. The Balaban J connectivity index is 1.43. The molecule has 2 atom stereocenters. The normalized spacial score (nSPS) is 21.0. The smallest absolute Gasteiger partial charge is 0.268 e. The molecule has 1 fully saturated rings. The maximum Gasteiger partial charge on any atom is 0.268 e. The van der Waals surface area contributed by atoms with Crippen molar-refractivity contribution < 1.29 is 18.4 Å². The van der Waals surface area contributed by atoms with E-state index in [2.05, 4.69) is 15.6 Å². The summed E-state index contributed by atoms with van der Waals surface area (Å²) in [7, 11) is 0. The Labute approximate surface area is 188 Å². The molecule has 1 saturated heterocycles. The molecule has 4 rings (SSSR count). The summed E-state index contributed by atoms with van der Waals surface area (Å²) in [5, 5.41) is 15.5. The van der Waals surface area contributed by atoms with Gasteiger partial charge in [-0.1, -0.05) is 17.7 Å². The van der Waals surface area contributed by atoms with Gasteiger partial charge in [0.1, 0.15) is 6.04 Å². The Hall–Kier alpha value is -3.25. The molecule has 7 nitrogen and oxygen atoms in total. The minimum Gasteiger partial charge on any atom is -0.376 e.